The third-order valence-corrected chi connectivity index (χ3v) is 5.31. The molecule has 3 aromatic rings. The number of fused-ring (bicyclic) bond motifs is 1. The summed E-state index contributed by atoms with van der Waals surface area (Å²) in [6.07, 6.45) is 2.98. The zero-order chi connectivity index (χ0) is 21.7. The number of amides is 1. The number of nitrogens with one attached hydrogen (secondary N) is 1. The second-order valence-electron chi connectivity index (χ2n) is 6.99. The number of unbranched alkanes of at least 4 members (excludes halogenated alkanes) is 1. The monoisotopic (exact) mass is 431 g/mol. The van der Waals surface area contributed by atoms with Crippen molar-refractivity contribution in [2.45, 2.75) is 25.5 Å². The van der Waals surface area contributed by atoms with Gasteiger partial charge in [0, 0.05) is 23.3 Å². The minimum atomic E-state index is -3.39. The third-order valence-electron chi connectivity index (χ3n) is 4.50. The van der Waals surface area contributed by atoms with Gasteiger partial charge in [0.15, 0.2) is 15.6 Å². The first kappa shape index (κ1) is 21.7. The fourth-order valence-electron chi connectivity index (χ4n) is 3.05. The van der Waals surface area contributed by atoms with Crippen LogP contribution in [0.15, 0.2) is 46.9 Å². The summed E-state index contributed by atoms with van der Waals surface area (Å²) in [5, 5.41) is 3.38. The SMILES string of the molecule is CCCCOc1ccc(OC)cc1NC(=O)c1oc2ccccc2c1CS(C)(=O)=O. The van der Waals surface area contributed by atoms with Crippen LogP contribution < -0.4 is 14.8 Å². The van der Waals surface area contributed by atoms with Gasteiger partial charge in [-0.25, -0.2) is 8.42 Å². The predicted octanol–water partition coefficient (Wildman–Crippen LogP) is 4.42. The average Bonchev–Trinajstić information content (AvgIpc) is 3.06. The van der Waals surface area contributed by atoms with E-state index in [0.717, 1.165) is 19.1 Å². The Bertz CT molecular complexity index is 1150. The molecule has 2 aromatic carbocycles. The van der Waals surface area contributed by atoms with E-state index >= 15 is 0 Å². The quantitative estimate of drug-likeness (QED) is 0.504. The van der Waals surface area contributed by atoms with Crippen LogP contribution in [0.25, 0.3) is 11.0 Å². The lowest BCUT2D eigenvalue weighted by molar-refractivity contribution is 0.0997. The Morgan fingerprint density at radius 2 is 1.93 bits per heavy atom. The van der Waals surface area contributed by atoms with Gasteiger partial charge in [0.1, 0.15) is 17.1 Å². The molecular weight excluding hydrogens is 406 g/mol. The van der Waals surface area contributed by atoms with Gasteiger partial charge in [-0.1, -0.05) is 31.5 Å². The number of benzene rings is 2. The van der Waals surface area contributed by atoms with Crippen LogP contribution in [0, 0.1) is 0 Å². The van der Waals surface area contributed by atoms with Crippen molar-refractivity contribution in [2.75, 3.05) is 25.3 Å². The molecule has 0 saturated heterocycles. The van der Waals surface area contributed by atoms with E-state index in [9.17, 15) is 13.2 Å². The molecule has 7 nitrogen and oxygen atoms in total. The predicted molar refractivity (Wildman–Crippen MR) is 116 cm³/mol. The third kappa shape index (κ3) is 5.13. The molecule has 0 unspecified atom stereocenters. The van der Waals surface area contributed by atoms with Gasteiger partial charge in [-0.2, -0.15) is 0 Å². The van der Waals surface area contributed by atoms with Crippen LogP contribution in [0.2, 0.25) is 0 Å². The maximum Gasteiger partial charge on any atom is 0.291 e. The maximum absolute atomic E-state index is 13.1. The summed E-state index contributed by atoms with van der Waals surface area (Å²) in [6.45, 7) is 2.57. The molecule has 1 aromatic heterocycles. The van der Waals surface area contributed by atoms with Crippen LogP contribution in [0.4, 0.5) is 5.69 Å². The van der Waals surface area contributed by atoms with Gasteiger partial charge in [0.25, 0.3) is 5.91 Å². The van der Waals surface area contributed by atoms with Crippen molar-refractivity contribution in [1.82, 2.24) is 0 Å². The number of methoxy groups -OCH3 is 1. The summed E-state index contributed by atoms with van der Waals surface area (Å²) in [7, 11) is -1.86. The summed E-state index contributed by atoms with van der Waals surface area (Å²) >= 11 is 0. The van der Waals surface area contributed by atoms with Crippen LogP contribution in [0.3, 0.4) is 0 Å². The van der Waals surface area contributed by atoms with Crippen molar-refractivity contribution in [1.29, 1.82) is 0 Å². The van der Waals surface area contributed by atoms with Crippen molar-refractivity contribution in [3.8, 4) is 11.5 Å². The van der Waals surface area contributed by atoms with Gasteiger partial charge in [-0.15, -0.1) is 0 Å². The number of carbonyl (C=O) groups is 1. The molecule has 0 saturated carbocycles. The lowest BCUT2D eigenvalue weighted by atomic mass is 10.1. The first-order valence-corrected chi connectivity index (χ1v) is 11.7. The minimum Gasteiger partial charge on any atom is -0.497 e. The number of hydrogen-bond acceptors (Lipinski definition) is 6. The highest BCUT2D eigenvalue weighted by Crippen LogP contribution is 2.32. The number of anilines is 1. The van der Waals surface area contributed by atoms with E-state index in [1.165, 1.54) is 7.11 Å². The minimum absolute atomic E-state index is 0.0380. The van der Waals surface area contributed by atoms with E-state index in [1.807, 2.05) is 0 Å². The molecular formula is C22H25NO6S. The standard InChI is InChI=1S/C22H25NO6S/c1-4-5-12-28-20-11-10-15(27-2)13-18(20)23-22(24)21-17(14-30(3,25)26)16-8-6-7-9-19(16)29-21/h6-11,13H,4-5,12,14H2,1-3H3,(H,23,24). The number of para-hydroxylation sites is 1. The molecule has 1 heterocycles. The summed E-state index contributed by atoms with van der Waals surface area (Å²) in [6, 6.07) is 12.1. The van der Waals surface area contributed by atoms with E-state index in [1.54, 1.807) is 42.5 Å². The fourth-order valence-corrected chi connectivity index (χ4v) is 3.86. The molecule has 0 aliphatic carbocycles. The number of rotatable bonds is 9. The van der Waals surface area contributed by atoms with Crippen molar-refractivity contribution in [3.05, 3.63) is 53.8 Å². The van der Waals surface area contributed by atoms with Gasteiger partial charge in [-0.05, 0) is 24.6 Å². The number of hydrogen-bond donors (Lipinski definition) is 1. The number of carbonyl (C=O) groups excluding carboxylic acids is 1. The average molecular weight is 432 g/mol. The molecule has 8 heteroatoms. The van der Waals surface area contributed by atoms with Gasteiger partial charge in [0.2, 0.25) is 0 Å². The lowest BCUT2D eigenvalue weighted by Crippen LogP contribution is -2.15. The Hall–Kier alpha value is -3.00. The first-order valence-electron chi connectivity index (χ1n) is 9.62. The Labute approximate surface area is 175 Å². The lowest BCUT2D eigenvalue weighted by Gasteiger charge is -2.13. The van der Waals surface area contributed by atoms with Crippen LogP contribution in [0.1, 0.15) is 35.9 Å². The van der Waals surface area contributed by atoms with Crippen LogP contribution >= 0.6 is 0 Å². The largest absolute Gasteiger partial charge is 0.497 e. The second kappa shape index (κ2) is 9.21. The Morgan fingerprint density at radius 3 is 2.63 bits per heavy atom. The molecule has 0 spiro atoms. The molecule has 160 valence electrons. The molecule has 0 atom stereocenters. The Balaban J connectivity index is 1.98. The van der Waals surface area contributed by atoms with Gasteiger partial charge < -0.3 is 19.2 Å². The summed E-state index contributed by atoms with van der Waals surface area (Å²) in [5.74, 6) is 0.153. The summed E-state index contributed by atoms with van der Waals surface area (Å²) in [4.78, 5) is 13.1. The summed E-state index contributed by atoms with van der Waals surface area (Å²) in [5.41, 5.74) is 1.20. The van der Waals surface area contributed by atoms with Crippen molar-refractivity contribution in [3.63, 3.8) is 0 Å². The molecule has 0 bridgehead atoms. The second-order valence-corrected chi connectivity index (χ2v) is 9.13. The highest BCUT2D eigenvalue weighted by Gasteiger charge is 2.24. The summed E-state index contributed by atoms with van der Waals surface area (Å²) < 4.78 is 40.7. The molecule has 0 aliphatic heterocycles. The Morgan fingerprint density at radius 1 is 1.17 bits per heavy atom. The van der Waals surface area contributed by atoms with Gasteiger partial charge in [0.05, 0.1) is 25.2 Å². The van der Waals surface area contributed by atoms with E-state index in [0.29, 0.717) is 40.3 Å². The molecule has 0 aliphatic rings. The van der Waals surface area contributed by atoms with E-state index < -0.39 is 15.7 Å². The topological polar surface area (TPSA) is 94.8 Å². The van der Waals surface area contributed by atoms with Crippen molar-refractivity contribution in [2.24, 2.45) is 0 Å². The van der Waals surface area contributed by atoms with Gasteiger partial charge in [-0.3, -0.25) is 4.79 Å². The first-order chi connectivity index (χ1) is 14.3. The van der Waals surface area contributed by atoms with E-state index in [-0.39, 0.29) is 11.5 Å². The zero-order valence-electron chi connectivity index (χ0n) is 17.2. The number of sulfone groups is 1. The normalized spacial score (nSPS) is 11.4. The molecule has 0 fully saturated rings. The highest BCUT2D eigenvalue weighted by molar-refractivity contribution is 7.89. The van der Waals surface area contributed by atoms with E-state index in [2.05, 4.69) is 12.2 Å². The van der Waals surface area contributed by atoms with Crippen LogP contribution in [-0.4, -0.2) is 34.3 Å². The smallest absolute Gasteiger partial charge is 0.291 e. The van der Waals surface area contributed by atoms with Crippen molar-refractivity contribution < 1.29 is 27.1 Å². The molecule has 1 amide bonds. The Kier molecular flexibility index (Phi) is 6.66. The van der Waals surface area contributed by atoms with Crippen molar-refractivity contribution >= 4 is 32.4 Å². The molecule has 30 heavy (non-hydrogen) atoms. The van der Waals surface area contributed by atoms with Crippen LogP contribution in [-0.2, 0) is 15.6 Å². The molecule has 1 N–H and O–H groups in total. The molecule has 3 rings (SSSR count). The number of ether oxygens (including phenoxy) is 2. The van der Waals surface area contributed by atoms with Crippen LogP contribution in [0.5, 0.6) is 11.5 Å². The number of furan rings is 1. The molecule has 0 radical (unpaired) electrons. The van der Waals surface area contributed by atoms with Gasteiger partial charge >= 0.3 is 0 Å². The van der Waals surface area contributed by atoms with E-state index in [4.69, 9.17) is 13.9 Å². The fraction of sp³-hybridized carbons (Fsp3) is 0.318. The maximum atomic E-state index is 13.1. The highest BCUT2D eigenvalue weighted by atomic mass is 32.2. The zero-order valence-corrected chi connectivity index (χ0v) is 18.0.